The van der Waals surface area contributed by atoms with Crippen LogP contribution in [0.15, 0.2) is 35.8 Å². The fourth-order valence-electron chi connectivity index (χ4n) is 1.64. The summed E-state index contributed by atoms with van der Waals surface area (Å²) in [4.78, 5) is 15.8. The molecule has 94 valence electrons. The molecule has 0 saturated heterocycles. The van der Waals surface area contributed by atoms with Crippen molar-refractivity contribution in [3.63, 3.8) is 0 Å². The van der Waals surface area contributed by atoms with Gasteiger partial charge in [0, 0.05) is 5.38 Å². The minimum Gasteiger partial charge on any atom is -0.461 e. The largest absolute Gasteiger partial charge is 0.461 e. The maximum Gasteiger partial charge on any atom is 0.367 e. The first-order valence-electron chi connectivity index (χ1n) is 5.87. The Labute approximate surface area is 111 Å². The van der Waals surface area contributed by atoms with Crippen LogP contribution >= 0.6 is 11.3 Å². The van der Waals surface area contributed by atoms with E-state index in [-0.39, 0.29) is 5.97 Å². The first-order chi connectivity index (χ1) is 8.70. The molecule has 1 heterocycles. The smallest absolute Gasteiger partial charge is 0.367 e. The van der Waals surface area contributed by atoms with Crippen LogP contribution in [0, 0.1) is 0 Å². The van der Waals surface area contributed by atoms with Gasteiger partial charge in [0.15, 0.2) is 0 Å². The van der Waals surface area contributed by atoms with E-state index in [1.54, 1.807) is 6.92 Å². The standard InChI is InChI=1S/C14H15NO2S/c1-3-17-14(16)13-15-12(9-18-13)11-6-4-5-10(2)7-8-11/h4,6,8-9H,2-3,5,7H2,1H3. The lowest BCUT2D eigenvalue weighted by molar-refractivity contribution is 0.0526. The lowest BCUT2D eigenvalue weighted by atomic mass is 10.1. The Kier molecular flexibility index (Phi) is 4.10. The third-order valence-electron chi connectivity index (χ3n) is 2.56. The first-order valence-corrected chi connectivity index (χ1v) is 6.75. The predicted octanol–water partition coefficient (Wildman–Crippen LogP) is 3.61. The molecule has 0 radical (unpaired) electrons. The SMILES string of the molecule is C=C1CC=CC(c2csc(C(=O)OCC)n2)=CC1. The van der Waals surface area contributed by atoms with Gasteiger partial charge in [-0.2, -0.15) is 0 Å². The van der Waals surface area contributed by atoms with Gasteiger partial charge in [-0.25, -0.2) is 9.78 Å². The van der Waals surface area contributed by atoms with Crippen molar-refractivity contribution in [1.29, 1.82) is 0 Å². The molecule has 0 amide bonds. The van der Waals surface area contributed by atoms with Crippen LogP contribution < -0.4 is 0 Å². The number of hydrogen-bond acceptors (Lipinski definition) is 4. The van der Waals surface area contributed by atoms with Gasteiger partial charge in [0.1, 0.15) is 0 Å². The number of carbonyl (C=O) groups excluding carboxylic acids is 1. The highest BCUT2D eigenvalue weighted by Gasteiger charge is 2.13. The third kappa shape index (κ3) is 2.96. The molecule has 0 fully saturated rings. The summed E-state index contributed by atoms with van der Waals surface area (Å²) in [5, 5.41) is 2.29. The lowest BCUT2D eigenvalue weighted by Gasteiger charge is -1.97. The maximum absolute atomic E-state index is 11.5. The van der Waals surface area contributed by atoms with Crippen molar-refractivity contribution in [2.24, 2.45) is 0 Å². The average molecular weight is 261 g/mol. The average Bonchev–Trinajstić information content (AvgIpc) is 2.74. The summed E-state index contributed by atoms with van der Waals surface area (Å²) in [6, 6.07) is 0. The van der Waals surface area contributed by atoms with Gasteiger partial charge in [0.2, 0.25) is 5.01 Å². The molecule has 0 aliphatic heterocycles. The molecule has 0 spiro atoms. The Balaban J connectivity index is 2.19. The van der Waals surface area contributed by atoms with E-state index < -0.39 is 0 Å². The van der Waals surface area contributed by atoms with Crippen molar-refractivity contribution in [3.8, 4) is 0 Å². The highest BCUT2D eigenvalue weighted by molar-refractivity contribution is 7.11. The fraction of sp³-hybridized carbons (Fsp3) is 0.286. The summed E-state index contributed by atoms with van der Waals surface area (Å²) in [5.74, 6) is -0.351. The van der Waals surface area contributed by atoms with Gasteiger partial charge in [-0.15, -0.1) is 11.3 Å². The lowest BCUT2D eigenvalue weighted by Crippen LogP contribution is -2.03. The van der Waals surface area contributed by atoms with E-state index in [2.05, 4.69) is 23.7 Å². The molecular weight excluding hydrogens is 246 g/mol. The van der Waals surface area contributed by atoms with Crippen molar-refractivity contribution in [1.82, 2.24) is 4.98 Å². The Morgan fingerprint density at radius 1 is 1.56 bits per heavy atom. The number of thiazole rings is 1. The zero-order valence-corrected chi connectivity index (χ0v) is 11.1. The Morgan fingerprint density at radius 3 is 3.17 bits per heavy atom. The number of hydrogen-bond donors (Lipinski definition) is 0. The normalized spacial score (nSPS) is 15.2. The van der Waals surface area contributed by atoms with E-state index in [4.69, 9.17) is 4.74 Å². The predicted molar refractivity (Wildman–Crippen MR) is 73.6 cm³/mol. The molecule has 3 nitrogen and oxygen atoms in total. The van der Waals surface area contributed by atoms with Gasteiger partial charge in [-0.05, 0) is 25.3 Å². The number of rotatable bonds is 3. The Bertz CT molecular complexity index is 526. The van der Waals surface area contributed by atoms with Crippen LogP contribution in [0.25, 0.3) is 5.57 Å². The number of esters is 1. The maximum atomic E-state index is 11.5. The van der Waals surface area contributed by atoms with Gasteiger partial charge in [-0.1, -0.05) is 30.4 Å². The van der Waals surface area contributed by atoms with Crippen LogP contribution in [0.1, 0.15) is 35.3 Å². The van der Waals surface area contributed by atoms with Crippen LogP contribution in [0.2, 0.25) is 0 Å². The van der Waals surface area contributed by atoms with Crippen molar-refractivity contribution >= 4 is 22.9 Å². The van der Waals surface area contributed by atoms with E-state index >= 15 is 0 Å². The van der Waals surface area contributed by atoms with Crippen LogP contribution in [0.4, 0.5) is 0 Å². The summed E-state index contributed by atoms with van der Waals surface area (Å²) in [7, 11) is 0. The zero-order valence-electron chi connectivity index (χ0n) is 10.3. The molecule has 0 saturated carbocycles. The quantitative estimate of drug-likeness (QED) is 0.616. The number of allylic oxidation sites excluding steroid dienone is 5. The van der Waals surface area contributed by atoms with Crippen molar-refractivity contribution in [3.05, 3.63) is 46.5 Å². The van der Waals surface area contributed by atoms with E-state index in [1.165, 1.54) is 16.9 Å². The second kappa shape index (κ2) is 5.78. The van der Waals surface area contributed by atoms with E-state index in [0.717, 1.165) is 24.1 Å². The van der Waals surface area contributed by atoms with E-state index in [1.807, 2.05) is 11.5 Å². The fourth-order valence-corrected chi connectivity index (χ4v) is 2.36. The summed E-state index contributed by atoms with van der Waals surface area (Å²) in [5.41, 5.74) is 3.05. The second-order valence-electron chi connectivity index (χ2n) is 3.98. The minimum absolute atomic E-state index is 0.351. The minimum atomic E-state index is -0.351. The van der Waals surface area contributed by atoms with Gasteiger partial charge in [0.05, 0.1) is 12.3 Å². The van der Waals surface area contributed by atoms with Crippen molar-refractivity contribution < 1.29 is 9.53 Å². The molecule has 1 aliphatic carbocycles. The first kappa shape index (κ1) is 12.8. The number of nitrogens with zero attached hydrogens (tertiary/aromatic N) is 1. The number of carbonyl (C=O) groups is 1. The van der Waals surface area contributed by atoms with E-state index in [9.17, 15) is 4.79 Å². The molecule has 0 aromatic carbocycles. The van der Waals surface area contributed by atoms with Crippen LogP contribution in [-0.2, 0) is 4.74 Å². The van der Waals surface area contributed by atoms with Gasteiger partial charge < -0.3 is 4.74 Å². The van der Waals surface area contributed by atoms with Crippen LogP contribution in [0.5, 0.6) is 0 Å². The second-order valence-corrected chi connectivity index (χ2v) is 4.84. The molecule has 18 heavy (non-hydrogen) atoms. The highest BCUT2D eigenvalue weighted by Crippen LogP contribution is 2.24. The molecule has 2 rings (SSSR count). The Hall–Kier alpha value is -1.68. The molecule has 1 aromatic heterocycles. The van der Waals surface area contributed by atoms with Gasteiger partial charge >= 0.3 is 5.97 Å². The highest BCUT2D eigenvalue weighted by atomic mass is 32.1. The topological polar surface area (TPSA) is 39.2 Å². The summed E-state index contributed by atoms with van der Waals surface area (Å²) in [6.45, 7) is 6.13. The molecule has 1 aromatic rings. The molecule has 1 aliphatic rings. The summed E-state index contributed by atoms with van der Waals surface area (Å²) >= 11 is 1.32. The third-order valence-corrected chi connectivity index (χ3v) is 3.39. The molecule has 0 N–H and O–H groups in total. The number of ether oxygens (including phenoxy) is 1. The zero-order chi connectivity index (χ0) is 13.0. The Morgan fingerprint density at radius 2 is 2.39 bits per heavy atom. The summed E-state index contributed by atoms with van der Waals surface area (Å²) < 4.78 is 4.93. The number of aromatic nitrogens is 1. The molecule has 0 bridgehead atoms. The molecule has 4 heteroatoms. The van der Waals surface area contributed by atoms with Crippen molar-refractivity contribution in [2.75, 3.05) is 6.61 Å². The van der Waals surface area contributed by atoms with E-state index in [0.29, 0.717) is 11.6 Å². The molecule has 0 atom stereocenters. The molecular formula is C14H15NO2S. The monoisotopic (exact) mass is 261 g/mol. The van der Waals surface area contributed by atoms with Crippen molar-refractivity contribution in [2.45, 2.75) is 19.8 Å². The molecule has 0 unspecified atom stereocenters. The van der Waals surface area contributed by atoms with Crippen LogP contribution in [0.3, 0.4) is 0 Å². The van der Waals surface area contributed by atoms with Crippen LogP contribution in [-0.4, -0.2) is 17.6 Å². The summed E-state index contributed by atoms with van der Waals surface area (Å²) in [6.07, 6.45) is 7.95. The van der Waals surface area contributed by atoms with Gasteiger partial charge in [0.25, 0.3) is 0 Å². The van der Waals surface area contributed by atoms with Gasteiger partial charge in [-0.3, -0.25) is 0 Å².